The van der Waals surface area contributed by atoms with E-state index in [4.69, 9.17) is 5.26 Å². The zero-order chi connectivity index (χ0) is 17.0. The molecule has 0 fully saturated rings. The Kier molecular flexibility index (Phi) is 3.06. The summed E-state index contributed by atoms with van der Waals surface area (Å²) >= 11 is 0. The molecule has 0 unspecified atom stereocenters. The number of aryl methyl sites for hydroxylation is 1. The summed E-state index contributed by atoms with van der Waals surface area (Å²) in [7, 11) is 0. The van der Waals surface area contributed by atoms with E-state index >= 15 is 0 Å². The van der Waals surface area contributed by atoms with Crippen molar-refractivity contribution in [1.29, 1.82) is 5.26 Å². The fourth-order valence-electron chi connectivity index (χ4n) is 4.53. The molecule has 1 aromatic heterocycles. The molecule has 0 bridgehead atoms. The summed E-state index contributed by atoms with van der Waals surface area (Å²) in [5.74, 6) is 0.0945. The molecule has 122 valence electrons. The van der Waals surface area contributed by atoms with Crippen LogP contribution in [0.4, 0.5) is 0 Å². The van der Waals surface area contributed by atoms with Gasteiger partial charge in [-0.25, -0.2) is 4.98 Å². The van der Waals surface area contributed by atoms with E-state index in [1.807, 2.05) is 24.7 Å². The topological polar surface area (TPSA) is 61.8 Å². The first-order chi connectivity index (χ1) is 12.3. The number of rotatable bonds is 1. The van der Waals surface area contributed by atoms with Gasteiger partial charge in [0.25, 0.3) is 0 Å². The van der Waals surface area contributed by atoms with Gasteiger partial charge in [0.15, 0.2) is 0 Å². The Morgan fingerprint density at radius 2 is 2.04 bits per heavy atom. The maximum Gasteiger partial charge on any atom is 0.0991 e. The number of imidazole rings is 1. The van der Waals surface area contributed by atoms with Gasteiger partial charge in [-0.1, -0.05) is 30.3 Å². The molecule has 0 radical (unpaired) electrons. The SMILES string of the molecule is N#Cc1ccc2c(c1)CC[C@H]([C@@H]1c3ccccc3-c3cncn31)[C@@H]2O. The highest BCUT2D eigenvalue weighted by Crippen LogP contribution is 2.49. The number of hydrogen-bond donors (Lipinski definition) is 1. The highest BCUT2D eigenvalue weighted by atomic mass is 16.3. The van der Waals surface area contributed by atoms with Crippen molar-refractivity contribution >= 4 is 0 Å². The lowest BCUT2D eigenvalue weighted by molar-refractivity contribution is 0.0720. The number of aliphatic hydroxyl groups is 1. The lowest BCUT2D eigenvalue weighted by Crippen LogP contribution is -2.28. The number of fused-ring (bicyclic) bond motifs is 4. The Labute approximate surface area is 146 Å². The van der Waals surface area contributed by atoms with E-state index in [1.165, 1.54) is 11.1 Å². The minimum Gasteiger partial charge on any atom is -0.388 e. The van der Waals surface area contributed by atoms with Crippen molar-refractivity contribution in [2.75, 3.05) is 0 Å². The lowest BCUT2D eigenvalue weighted by Gasteiger charge is -2.35. The van der Waals surface area contributed by atoms with Crippen LogP contribution in [0.3, 0.4) is 0 Å². The van der Waals surface area contributed by atoms with Gasteiger partial charge in [0.05, 0.1) is 42.0 Å². The van der Waals surface area contributed by atoms with Crippen molar-refractivity contribution in [3.05, 3.63) is 77.2 Å². The van der Waals surface area contributed by atoms with Crippen LogP contribution in [0, 0.1) is 17.2 Å². The molecule has 5 rings (SSSR count). The highest BCUT2D eigenvalue weighted by Gasteiger charge is 2.40. The molecule has 4 nitrogen and oxygen atoms in total. The van der Waals surface area contributed by atoms with Crippen molar-refractivity contribution in [2.24, 2.45) is 5.92 Å². The number of hydrogen-bond acceptors (Lipinski definition) is 3. The molecule has 4 heteroatoms. The van der Waals surface area contributed by atoms with Crippen LogP contribution in [-0.2, 0) is 6.42 Å². The second-order valence-corrected chi connectivity index (χ2v) is 6.89. The first-order valence-corrected chi connectivity index (χ1v) is 8.60. The minimum absolute atomic E-state index is 0.0945. The van der Waals surface area contributed by atoms with E-state index in [0.29, 0.717) is 5.56 Å². The molecule has 0 saturated carbocycles. The van der Waals surface area contributed by atoms with Gasteiger partial charge in [-0.3, -0.25) is 0 Å². The predicted molar refractivity (Wildman–Crippen MR) is 93.7 cm³/mol. The highest BCUT2D eigenvalue weighted by molar-refractivity contribution is 5.69. The first-order valence-electron chi connectivity index (χ1n) is 8.60. The van der Waals surface area contributed by atoms with Crippen LogP contribution >= 0.6 is 0 Å². The third-order valence-corrected chi connectivity index (χ3v) is 5.67. The zero-order valence-corrected chi connectivity index (χ0v) is 13.6. The van der Waals surface area contributed by atoms with E-state index in [1.54, 1.807) is 6.07 Å². The van der Waals surface area contributed by atoms with Crippen LogP contribution in [0.15, 0.2) is 55.0 Å². The van der Waals surface area contributed by atoms with Gasteiger partial charge < -0.3 is 9.67 Å². The fourth-order valence-corrected chi connectivity index (χ4v) is 4.53. The predicted octanol–water partition coefficient (Wildman–Crippen LogP) is 3.62. The second-order valence-electron chi connectivity index (χ2n) is 6.89. The van der Waals surface area contributed by atoms with Crippen LogP contribution in [0.25, 0.3) is 11.3 Å². The van der Waals surface area contributed by atoms with E-state index in [9.17, 15) is 5.11 Å². The van der Waals surface area contributed by atoms with Gasteiger partial charge in [-0.2, -0.15) is 5.26 Å². The number of aromatic nitrogens is 2. The van der Waals surface area contributed by atoms with Crippen LogP contribution in [0.5, 0.6) is 0 Å². The molecule has 0 saturated heterocycles. The number of benzene rings is 2. The Hall–Kier alpha value is -2.90. The Morgan fingerprint density at radius 3 is 2.92 bits per heavy atom. The van der Waals surface area contributed by atoms with Gasteiger partial charge >= 0.3 is 0 Å². The summed E-state index contributed by atoms with van der Waals surface area (Å²) in [4.78, 5) is 4.33. The van der Waals surface area contributed by atoms with Gasteiger partial charge in [-0.15, -0.1) is 0 Å². The molecule has 3 aromatic rings. The number of nitriles is 1. The van der Waals surface area contributed by atoms with Crippen molar-refractivity contribution < 1.29 is 5.11 Å². The molecule has 3 atom stereocenters. The molecule has 25 heavy (non-hydrogen) atoms. The summed E-state index contributed by atoms with van der Waals surface area (Å²) < 4.78 is 2.20. The second kappa shape index (κ2) is 5.30. The summed E-state index contributed by atoms with van der Waals surface area (Å²) in [5.41, 5.74) is 6.32. The van der Waals surface area contributed by atoms with Crippen molar-refractivity contribution in [3.63, 3.8) is 0 Å². The lowest BCUT2D eigenvalue weighted by atomic mass is 9.75. The third-order valence-electron chi connectivity index (χ3n) is 5.67. The van der Waals surface area contributed by atoms with Crippen LogP contribution in [0.2, 0.25) is 0 Å². The molecular weight excluding hydrogens is 310 g/mol. The van der Waals surface area contributed by atoms with Crippen LogP contribution in [-0.4, -0.2) is 14.7 Å². The molecule has 1 aliphatic carbocycles. The Morgan fingerprint density at radius 1 is 1.16 bits per heavy atom. The molecule has 1 N–H and O–H groups in total. The molecule has 0 spiro atoms. The van der Waals surface area contributed by atoms with Gasteiger partial charge in [0.2, 0.25) is 0 Å². The van der Waals surface area contributed by atoms with E-state index in [2.05, 4.69) is 39.9 Å². The fraction of sp³-hybridized carbons (Fsp3) is 0.238. The number of aliphatic hydroxyl groups excluding tert-OH is 1. The number of nitrogens with zero attached hydrogens (tertiary/aromatic N) is 3. The van der Waals surface area contributed by atoms with Gasteiger partial charge in [0, 0.05) is 11.5 Å². The standard InChI is InChI=1S/C21H17N3O/c22-10-13-5-7-15-14(9-13)6-8-18(21(15)25)20-17-4-2-1-3-16(17)19-11-23-12-24(19)20/h1-5,7,9,11-12,18,20-21,25H,6,8H2/t18-,20+,21-/m1/s1. The largest absolute Gasteiger partial charge is 0.388 e. The molecule has 2 heterocycles. The molecule has 2 aliphatic rings. The molecule has 2 aromatic carbocycles. The third kappa shape index (κ3) is 2.00. The molecule has 1 aliphatic heterocycles. The summed E-state index contributed by atoms with van der Waals surface area (Å²) in [6.45, 7) is 0. The van der Waals surface area contributed by atoms with Crippen LogP contribution in [0.1, 0.15) is 40.8 Å². The monoisotopic (exact) mass is 327 g/mol. The molecule has 0 amide bonds. The smallest absolute Gasteiger partial charge is 0.0991 e. The Bertz CT molecular complexity index is 1010. The Balaban J connectivity index is 1.60. The summed E-state index contributed by atoms with van der Waals surface area (Å²) in [6, 6.07) is 16.3. The van der Waals surface area contributed by atoms with Gasteiger partial charge in [-0.05, 0) is 41.7 Å². The maximum atomic E-state index is 11.1. The van der Waals surface area contributed by atoms with Gasteiger partial charge in [0.1, 0.15) is 0 Å². The van der Waals surface area contributed by atoms with Crippen molar-refractivity contribution in [3.8, 4) is 17.3 Å². The quantitative estimate of drug-likeness (QED) is 0.742. The normalized spacial score (nSPS) is 23.4. The zero-order valence-electron chi connectivity index (χ0n) is 13.6. The average Bonchev–Trinajstić information content (AvgIpc) is 3.23. The minimum atomic E-state index is -0.539. The van der Waals surface area contributed by atoms with E-state index in [-0.39, 0.29) is 12.0 Å². The average molecular weight is 327 g/mol. The summed E-state index contributed by atoms with van der Waals surface area (Å²) in [5, 5.41) is 20.2. The van der Waals surface area contributed by atoms with E-state index < -0.39 is 6.10 Å². The maximum absolute atomic E-state index is 11.1. The van der Waals surface area contributed by atoms with Crippen molar-refractivity contribution in [1.82, 2.24) is 9.55 Å². The summed E-state index contributed by atoms with van der Waals surface area (Å²) in [6.07, 6.45) is 5.01. The first kappa shape index (κ1) is 14.4. The van der Waals surface area contributed by atoms with E-state index in [0.717, 1.165) is 29.7 Å². The van der Waals surface area contributed by atoms with Crippen molar-refractivity contribution in [2.45, 2.75) is 25.0 Å². The molecular formula is C21H17N3O. The van der Waals surface area contributed by atoms with Crippen LogP contribution < -0.4 is 0 Å².